The van der Waals surface area contributed by atoms with Gasteiger partial charge in [0.25, 0.3) is 0 Å². The third-order valence-corrected chi connectivity index (χ3v) is 3.78. The van der Waals surface area contributed by atoms with Gasteiger partial charge >= 0.3 is 0 Å². The summed E-state index contributed by atoms with van der Waals surface area (Å²) in [5.41, 5.74) is 6.54. The third kappa shape index (κ3) is 5.84. The Labute approximate surface area is 162 Å². The van der Waals surface area contributed by atoms with Gasteiger partial charge in [0.1, 0.15) is 11.5 Å². The summed E-state index contributed by atoms with van der Waals surface area (Å²) in [6, 6.07) is 16.7. The van der Waals surface area contributed by atoms with Crippen molar-refractivity contribution >= 4 is 35.6 Å². The molecule has 134 valence electrons. The second-order valence-corrected chi connectivity index (χ2v) is 5.92. The fourth-order valence-corrected chi connectivity index (χ4v) is 2.59. The van der Waals surface area contributed by atoms with E-state index in [4.69, 9.17) is 10.5 Å². The summed E-state index contributed by atoms with van der Waals surface area (Å²) in [4.78, 5) is 4.13. The maximum atomic E-state index is 12.8. The largest absolute Gasteiger partial charge is 0.457 e. The Bertz CT molecular complexity index is 717. The van der Waals surface area contributed by atoms with Crippen molar-refractivity contribution in [2.45, 2.75) is 18.8 Å². The highest BCUT2D eigenvalue weighted by atomic mass is 127. The van der Waals surface area contributed by atoms with Crippen LogP contribution in [0.15, 0.2) is 59.6 Å². The predicted molar refractivity (Wildman–Crippen MR) is 106 cm³/mol. The number of nitrogens with zero attached hydrogens (tertiary/aromatic N) is 1. The molecule has 2 aromatic rings. The van der Waals surface area contributed by atoms with Gasteiger partial charge in [-0.3, -0.25) is 4.99 Å². The summed E-state index contributed by atoms with van der Waals surface area (Å²) < 4.78 is 31.3. The SMILES string of the molecule is I.NC(=NCC1CC(F)(F)C1)Nc1cccc(Oc2ccccc2)c1. The zero-order valence-corrected chi connectivity index (χ0v) is 15.8. The lowest BCUT2D eigenvalue weighted by Crippen LogP contribution is -2.37. The van der Waals surface area contributed by atoms with Gasteiger partial charge in [0.2, 0.25) is 5.92 Å². The number of para-hydroxylation sites is 1. The second kappa shape index (κ2) is 8.46. The highest BCUT2D eigenvalue weighted by Crippen LogP contribution is 2.42. The van der Waals surface area contributed by atoms with Gasteiger partial charge in [-0.15, -0.1) is 24.0 Å². The number of nitrogens with two attached hydrogens (primary N) is 1. The molecule has 0 aromatic heterocycles. The molecular weight excluding hydrogens is 439 g/mol. The first-order valence-electron chi connectivity index (χ1n) is 7.78. The summed E-state index contributed by atoms with van der Waals surface area (Å²) in [7, 11) is 0. The van der Waals surface area contributed by atoms with Crippen molar-refractivity contribution in [1.29, 1.82) is 0 Å². The smallest absolute Gasteiger partial charge is 0.248 e. The fourth-order valence-electron chi connectivity index (χ4n) is 2.59. The lowest BCUT2D eigenvalue weighted by atomic mass is 9.81. The van der Waals surface area contributed by atoms with E-state index >= 15 is 0 Å². The summed E-state index contributed by atoms with van der Waals surface area (Å²) >= 11 is 0. The molecule has 0 aliphatic heterocycles. The van der Waals surface area contributed by atoms with Gasteiger partial charge in [0.15, 0.2) is 5.96 Å². The van der Waals surface area contributed by atoms with Crippen LogP contribution >= 0.6 is 24.0 Å². The molecule has 4 nitrogen and oxygen atoms in total. The summed E-state index contributed by atoms with van der Waals surface area (Å²) in [5, 5.41) is 2.95. The number of hydrogen-bond acceptors (Lipinski definition) is 2. The van der Waals surface area contributed by atoms with Gasteiger partial charge in [-0.25, -0.2) is 8.78 Å². The van der Waals surface area contributed by atoms with E-state index in [2.05, 4.69) is 10.3 Å². The monoisotopic (exact) mass is 459 g/mol. The third-order valence-electron chi connectivity index (χ3n) is 3.78. The van der Waals surface area contributed by atoms with Crippen LogP contribution in [0.2, 0.25) is 0 Å². The molecule has 1 saturated carbocycles. The quantitative estimate of drug-likeness (QED) is 0.381. The van der Waals surface area contributed by atoms with Crippen LogP contribution in [0.25, 0.3) is 0 Å². The molecule has 0 amide bonds. The molecule has 7 heteroatoms. The number of halogens is 3. The minimum absolute atomic E-state index is 0. The summed E-state index contributed by atoms with van der Waals surface area (Å²) in [6.45, 7) is 0.314. The van der Waals surface area contributed by atoms with Crippen LogP contribution in [-0.4, -0.2) is 18.4 Å². The van der Waals surface area contributed by atoms with Gasteiger partial charge < -0.3 is 15.8 Å². The van der Waals surface area contributed by atoms with Gasteiger partial charge in [0, 0.05) is 31.1 Å². The van der Waals surface area contributed by atoms with Gasteiger partial charge in [0.05, 0.1) is 0 Å². The first-order valence-corrected chi connectivity index (χ1v) is 7.78. The Morgan fingerprint density at radius 3 is 2.48 bits per heavy atom. The molecule has 2 aromatic carbocycles. The molecule has 25 heavy (non-hydrogen) atoms. The van der Waals surface area contributed by atoms with Crippen molar-refractivity contribution < 1.29 is 13.5 Å². The Morgan fingerprint density at radius 1 is 1.12 bits per heavy atom. The van der Waals surface area contributed by atoms with Crippen LogP contribution in [0.4, 0.5) is 14.5 Å². The van der Waals surface area contributed by atoms with Gasteiger partial charge in [-0.1, -0.05) is 24.3 Å². The van der Waals surface area contributed by atoms with Crippen LogP contribution in [0.3, 0.4) is 0 Å². The second-order valence-electron chi connectivity index (χ2n) is 5.92. The molecule has 0 bridgehead atoms. The number of benzene rings is 2. The Morgan fingerprint density at radius 2 is 1.80 bits per heavy atom. The van der Waals surface area contributed by atoms with E-state index in [1.54, 1.807) is 6.07 Å². The number of anilines is 1. The van der Waals surface area contributed by atoms with E-state index in [1.807, 2.05) is 48.5 Å². The molecular formula is C18H20F2IN3O. The first-order chi connectivity index (χ1) is 11.5. The normalized spacial score (nSPS) is 16.5. The molecule has 1 aliphatic rings. The number of alkyl halides is 2. The average Bonchev–Trinajstić information content (AvgIpc) is 2.52. The molecule has 0 atom stereocenters. The molecule has 1 fully saturated rings. The fraction of sp³-hybridized carbons (Fsp3) is 0.278. The Balaban J connectivity index is 0.00000225. The van der Waals surface area contributed by atoms with Crippen molar-refractivity contribution in [2.75, 3.05) is 11.9 Å². The van der Waals surface area contributed by atoms with Crippen LogP contribution in [-0.2, 0) is 0 Å². The van der Waals surface area contributed by atoms with Crippen molar-refractivity contribution in [1.82, 2.24) is 0 Å². The van der Waals surface area contributed by atoms with E-state index in [9.17, 15) is 8.78 Å². The standard InChI is InChI=1S/C18H19F2N3O.HI/c19-18(20)10-13(11-18)12-22-17(21)23-14-5-4-8-16(9-14)24-15-6-2-1-3-7-15;/h1-9,13H,10-12H2,(H3,21,22,23);1H. The lowest BCUT2D eigenvalue weighted by Gasteiger charge is -2.33. The molecule has 0 heterocycles. The minimum atomic E-state index is -2.52. The Hall–Kier alpha value is -1.90. The number of rotatable bonds is 5. The van der Waals surface area contributed by atoms with Crippen LogP contribution < -0.4 is 15.8 Å². The Kier molecular flexibility index (Phi) is 6.57. The predicted octanol–water partition coefficient (Wildman–Crippen LogP) is 4.87. The number of ether oxygens (including phenoxy) is 1. The molecule has 0 radical (unpaired) electrons. The molecule has 0 saturated heterocycles. The van der Waals surface area contributed by atoms with E-state index < -0.39 is 5.92 Å². The summed E-state index contributed by atoms with van der Waals surface area (Å²) in [6.07, 6.45) is -0.214. The van der Waals surface area contributed by atoms with Crippen molar-refractivity contribution in [3.8, 4) is 11.5 Å². The van der Waals surface area contributed by atoms with Crippen LogP contribution in [0.1, 0.15) is 12.8 Å². The first kappa shape index (κ1) is 19.4. The average molecular weight is 459 g/mol. The lowest BCUT2D eigenvalue weighted by molar-refractivity contribution is -0.107. The van der Waals surface area contributed by atoms with E-state index in [0.29, 0.717) is 12.3 Å². The van der Waals surface area contributed by atoms with Gasteiger partial charge in [-0.05, 0) is 30.2 Å². The number of guanidine groups is 1. The molecule has 1 aliphatic carbocycles. The van der Waals surface area contributed by atoms with Crippen molar-refractivity contribution in [3.05, 3.63) is 54.6 Å². The highest BCUT2D eigenvalue weighted by Gasteiger charge is 2.44. The van der Waals surface area contributed by atoms with E-state index in [0.717, 1.165) is 11.4 Å². The highest BCUT2D eigenvalue weighted by molar-refractivity contribution is 14.0. The maximum absolute atomic E-state index is 12.8. The maximum Gasteiger partial charge on any atom is 0.248 e. The molecule has 0 unspecified atom stereocenters. The van der Waals surface area contributed by atoms with Gasteiger partial charge in [-0.2, -0.15) is 0 Å². The van der Waals surface area contributed by atoms with Crippen molar-refractivity contribution in [3.63, 3.8) is 0 Å². The molecule has 3 N–H and O–H groups in total. The number of aliphatic imine (C=N–C) groups is 1. The number of nitrogens with one attached hydrogen (secondary N) is 1. The molecule has 0 spiro atoms. The van der Waals surface area contributed by atoms with E-state index in [1.165, 1.54) is 0 Å². The van der Waals surface area contributed by atoms with Crippen molar-refractivity contribution in [2.24, 2.45) is 16.6 Å². The number of hydrogen-bond donors (Lipinski definition) is 2. The van der Waals surface area contributed by atoms with Crippen LogP contribution in [0, 0.1) is 5.92 Å². The summed E-state index contributed by atoms with van der Waals surface area (Å²) in [5.74, 6) is -0.999. The topological polar surface area (TPSA) is 59.6 Å². The zero-order chi connectivity index (χ0) is 17.0. The minimum Gasteiger partial charge on any atom is -0.457 e. The zero-order valence-electron chi connectivity index (χ0n) is 13.5. The van der Waals surface area contributed by atoms with Crippen LogP contribution in [0.5, 0.6) is 11.5 Å². The molecule has 3 rings (SSSR count). The van der Waals surface area contributed by atoms with E-state index in [-0.39, 0.29) is 48.7 Å².